The first-order valence-electron chi connectivity index (χ1n) is 9.56. The highest BCUT2D eigenvalue weighted by molar-refractivity contribution is 7.90. The molecule has 0 unspecified atom stereocenters. The number of sulfone groups is 1. The minimum atomic E-state index is -3.42. The first-order valence-corrected chi connectivity index (χ1v) is 11.4. The summed E-state index contributed by atoms with van der Waals surface area (Å²) in [4.78, 5) is 25.2. The van der Waals surface area contributed by atoms with E-state index in [1.54, 1.807) is 24.3 Å². The Balaban J connectivity index is 2.08. The lowest BCUT2D eigenvalue weighted by Gasteiger charge is -2.34. The quantitative estimate of drug-likeness (QED) is 0.573. The number of aliphatic carboxylic acids is 1. The van der Waals surface area contributed by atoms with E-state index in [-0.39, 0.29) is 36.8 Å². The van der Waals surface area contributed by atoms with Crippen molar-refractivity contribution in [2.45, 2.75) is 57.9 Å². The van der Waals surface area contributed by atoms with Gasteiger partial charge >= 0.3 is 5.97 Å². The second-order valence-corrected chi connectivity index (χ2v) is 10.8. The van der Waals surface area contributed by atoms with Gasteiger partial charge in [-0.3, -0.25) is 14.5 Å². The van der Waals surface area contributed by atoms with Crippen LogP contribution in [0.1, 0.15) is 45.6 Å². The van der Waals surface area contributed by atoms with Crippen LogP contribution in [0, 0.1) is 11.3 Å². The van der Waals surface area contributed by atoms with Gasteiger partial charge in [-0.1, -0.05) is 39.0 Å². The summed E-state index contributed by atoms with van der Waals surface area (Å²) < 4.78 is 24.4. The van der Waals surface area contributed by atoms with Gasteiger partial charge in [-0.25, -0.2) is 8.42 Å². The molecule has 0 saturated carbocycles. The normalized spacial score (nSPS) is 19.1. The summed E-state index contributed by atoms with van der Waals surface area (Å²) >= 11 is 0. The highest BCUT2D eigenvalue weighted by Crippen LogP contribution is 2.33. The molecule has 0 spiro atoms. The van der Waals surface area contributed by atoms with Crippen molar-refractivity contribution in [2.24, 2.45) is 17.1 Å². The molecule has 8 nitrogen and oxygen atoms in total. The maximum Gasteiger partial charge on any atom is 0.306 e. The largest absolute Gasteiger partial charge is 0.481 e. The third kappa shape index (κ3) is 6.25. The van der Waals surface area contributed by atoms with Crippen molar-refractivity contribution in [1.29, 1.82) is 0 Å². The van der Waals surface area contributed by atoms with Crippen LogP contribution in [-0.2, 0) is 25.2 Å². The van der Waals surface area contributed by atoms with Gasteiger partial charge in [0.2, 0.25) is 5.91 Å². The number of benzene rings is 1. The van der Waals surface area contributed by atoms with E-state index in [4.69, 9.17) is 10.8 Å². The Morgan fingerprint density at radius 2 is 1.90 bits per heavy atom. The molecule has 1 aliphatic heterocycles. The summed E-state index contributed by atoms with van der Waals surface area (Å²) in [5.41, 5.74) is 6.65. The number of anilines is 1. The monoisotopic (exact) mass is 426 g/mol. The minimum Gasteiger partial charge on any atom is -0.481 e. The van der Waals surface area contributed by atoms with Gasteiger partial charge in [0.25, 0.3) is 0 Å². The molecule has 29 heavy (non-hydrogen) atoms. The number of nitrogens with zero attached hydrogens (tertiary/aromatic N) is 1. The van der Waals surface area contributed by atoms with Crippen LogP contribution in [0.2, 0.25) is 0 Å². The van der Waals surface area contributed by atoms with Gasteiger partial charge in [-0.05, 0) is 29.9 Å². The number of carboxylic acids is 1. The number of aliphatic hydroxyl groups excluding tert-OH is 1. The summed E-state index contributed by atoms with van der Waals surface area (Å²) in [6, 6.07) is 6.24. The number of hydrogen-bond acceptors (Lipinski definition) is 6. The zero-order chi connectivity index (χ0) is 22.0. The molecule has 0 bridgehead atoms. The lowest BCUT2D eigenvalue weighted by Crippen LogP contribution is -2.44. The molecule has 1 aromatic rings. The van der Waals surface area contributed by atoms with E-state index in [0.717, 1.165) is 0 Å². The Kier molecular flexibility index (Phi) is 7.08. The third-order valence-corrected chi connectivity index (χ3v) is 6.62. The van der Waals surface area contributed by atoms with Gasteiger partial charge < -0.3 is 15.9 Å². The van der Waals surface area contributed by atoms with Crippen molar-refractivity contribution in [2.75, 3.05) is 10.8 Å². The summed E-state index contributed by atoms with van der Waals surface area (Å²) in [7, 11) is -3.42. The number of carboxylic acid groups (broad SMARTS) is 1. The van der Waals surface area contributed by atoms with E-state index in [2.05, 4.69) is 0 Å². The van der Waals surface area contributed by atoms with E-state index < -0.39 is 39.3 Å². The fourth-order valence-electron chi connectivity index (χ4n) is 3.64. The van der Waals surface area contributed by atoms with Crippen molar-refractivity contribution in [3.05, 3.63) is 29.8 Å². The van der Waals surface area contributed by atoms with Crippen molar-refractivity contribution >= 4 is 27.4 Å². The van der Waals surface area contributed by atoms with Crippen molar-refractivity contribution in [3.8, 4) is 0 Å². The van der Waals surface area contributed by atoms with Gasteiger partial charge in [0.1, 0.15) is 5.88 Å². The van der Waals surface area contributed by atoms with Gasteiger partial charge in [0, 0.05) is 18.2 Å². The average molecular weight is 427 g/mol. The zero-order valence-corrected chi connectivity index (χ0v) is 17.9. The number of para-hydroxylation sites is 1. The number of amides is 1. The SMILES string of the molecule is C[C@H](C[C@H](O)[C@@H](N)CC(C)(C)CC(=O)N1CS(=O)(=O)Cc2ccccc21)C(=O)O. The van der Waals surface area contributed by atoms with Gasteiger partial charge in [-0.2, -0.15) is 0 Å². The number of carbonyl (C=O) groups is 2. The number of nitrogens with two attached hydrogens (primary N) is 1. The van der Waals surface area contributed by atoms with Gasteiger partial charge in [0.15, 0.2) is 9.84 Å². The van der Waals surface area contributed by atoms with Crippen LogP contribution in [0.3, 0.4) is 0 Å². The van der Waals surface area contributed by atoms with Crippen LogP contribution >= 0.6 is 0 Å². The van der Waals surface area contributed by atoms with Crippen LogP contribution in [0.5, 0.6) is 0 Å². The van der Waals surface area contributed by atoms with Crippen LogP contribution < -0.4 is 10.6 Å². The molecule has 3 atom stereocenters. The standard InChI is InChI=1S/C20H30N2O6S/c1-13(19(25)26)8-17(23)15(21)9-20(2,3)10-18(24)22-12-29(27,28)11-14-6-4-5-7-16(14)22/h4-7,13,15,17,23H,8-12,21H2,1-3H3,(H,25,26)/t13-,15+,17+/m1/s1. The molecule has 0 aromatic heterocycles. The maximum atomic E-state index is 13.0. The summed E-state index contributed by atoms with van der Waals surface area (Å²) in [6.07, 6.45) is -0.648. The Morgan fingerprint density at radius 1 is 1.28 bits per heavy atom. The molecule has 4 N–H and O–H groups in total. The number of rotatable bonds is 8. The lowest BCUT2D eigenvalue weighted by molar-refractivity contribution is -0.142. The van der Waals surface area contributed by atoms with Crippen molar-refractivity contribution < 1.29 is 28.2 Å². The summed E-state index contributed by atoms with van der Waals surface area (Å²) in [6.45, 7) is 5.14. The van der Waals surface area contributed by atoms with E-state index in [1.165, 1.54) is 11.8 Å². The van der Waals surface area contributed by atoms with Crippen LogP contribution in [-0.4, -0.2) is 48.5 Å². The molecule has 1 heterocycles. The number of carbonyl (C=O) groups excluding carboxylic acids is 1. The highest BCUT2D eigenvalue weighted by Gasteiger charge is 2.35. The van der Waals surface area contributed by atoms with Gasteiger partial charge in [0.05, 0.1) is 17.8 Å². The molecule has 9 heteroatoms. The molecule has 1 aliphatic rings. The molecular weight excluding hydrogens is 396 g/mol. The van der Waals surface area contributed by atoms with Gasteiger partial charge in [-0.15, -0.1) is 0 Å². The first-order chi connectivity index (χ1) is 13.3. The second-order valence-electron chi connectivity index (χ2n) is 8.72. The van der Waals surface area contributed by atoms with E-state index >= 15 is 0 Å². The lowest BCUT2D eigenvalue weighted by atomic mass is 9.80. The Labute approximate surface area is 171 Å². The molecule has 0 aliphatic carbocycles. The third-order valence-electron chi connectivity index (χ3n) is 5.21. The Morgan fingerprint density at radius 3 is 2.52 bits per heavy atom. The smallest absolute Gasteiger partial charge is 0.306 e. The fraction of sp³-hybridized carbons (Fsp3) is 0.600. The molecule has 0 saturated heterocycles. The minimum absolute atomic E-state index is 0.0261. The second kappa shape index (κ2) is 8.81. The van der Waals surface area contributed by atoms with E-state index in [9.17, 15) is 23.1 Å². The van der Waals surface area contributed by atoms with Crippen LogP contribution in [0.15, 0.2) is 24.3 Å². The van der Waals surface area contributed by atoms with Crippen molar-refractivity contribution in [3.63, 3.8) is 0 Å². The fourth-order valence-corrected chi connectivity index (χ4v) is 5.13. The first kappa shape index (κ1) is 23.3. The predicted octanol–water partition coefficient (Wildman–Crippen LogP) is 1.51. The van der Waals surface area contributed by atoms with E-state index in [1.807, 2.05) is 13.8 Å². The Hall–Kier alpha value is -1.97. The molecular formula is C20H30N2O6S. The Bertz CT molecular complexity index is 867. The zero-order valence-electron chi connectivity index (χ0n) is 17.0. The predicted molar refractivity (Wildman–Crippen MR) is 110 cm³/mol. The van der Waals surface area contributed by atoms with E-state index in [0.29, 0.717) is 11.3 Å². The topological polar surface area (TPSA) is 138 Å². The molecule has 2 rings (SSSR count). The molecule has 0 radical (unpaired) electrons. The summed E-state index contributed by atoms with van der Waals surface area (Å²) in [5, 5.41) is 19.2. The molecule has 162 valence electrons. The molecule has 1 amide bonds. The maximum absolute atomic E-state index is 13.0. The average Bonchev–Trinajstić information content (AvgIpc) is 2.58. The number of hydrogen-bond donors (Lipinski definition) is 3. The summed E-state index contributed by atoms with van der Waals surface area (Å²) in [5.74, 6) is -2.50. The molecule has 1 aromatic carbocycles. The number of aliphatic hydroxyl groups is 1. The van der Waals surface area contributed by atoms with Crippen LogP contribution in [0.4, 0.5) is 5.69 Å². The number of fused-ring (bicyclic) bond motifs is 1. The highest BCUT2D eigenvalue weighted by atomic mass is 32.2. The van der Waals surface area contributed by atoms with Crippen LogP contribution in [0.25, 0.3) is 0 Å². The molecule has 0 fully saturated rings. The van der Waals surface area contributed by atoms with Crippen molar-refractivity contribution in [1.82, 2.24) is 0 Å².